The number of rotatable bonds is 7. The number of carbonyl (C=O) groups is 3. The molecule has 0 bridgehead atoms. The van der Waals surface area contributed by atoms with Gasteiger partial charge < -0.3 is 9.64 Å². The van der Waals surface area contributed by atoms with E-state index < -0.39 is 23.5 Å². The van der Waals surface area contributed by atoms with E-state index in [1.54, 1.807) is 67.6 Å². The summed E-state index contributed by atoms with van der Waals surface area (Å²) in [6, 6.07) is 24.8. The molecule has 0 radical (unpaired) electrons. The lowest BCUT2D eigenvalue weighted by Crippen LogP contribution is -2.46. The molecule has 1 fully saturated rings. The molecule has 0 saturated carbocycles. The summed E-state index contributed by atoms with van der Waals surface area (Å²) in [6.07, 6.45) is 0. The van der Waals surface area contributed by atoms with E-state index in [2.05, 4.69) is 28.9 Å². The van der Waals surface area contributed by atoms with E-state index in [1.165, 1.54) is 5.56 Å². The van der Waals surface area contributed by atoms with Gasteiger partial charge >= 0.3 is 11.7 Å². The topological polar surface area (TPSA) is 93.8 Å². The number of aromatic nitrogens is 2. The number of imidazole rings is 1. The number of anilines is 1. The summed E-state index contributed by atoms with van der Waals surface area (Å²) in [5.41, 5.74) is 1.83. The maximum Gasteiger partial charge on any atom is 0.357 e. The van der Waals surface area contributed by atoms with Crippen LogP contribution in [0, 0.1) is 6.92 Å². The van der Waals surface area contributed by atoms with E-state index in [4.69, 9.17) is 4.74 Å². The fraction of sp³-hybridized carbons (Fsp3) is 0.250. The quantitative estimate of drug-likeness (QED) is 0.322. The highest BCUT2D eigenvalue weighted by atomic mass is 16.5. The molecule has 5 rings (SSSR count). The molecule has 41 heavy (non-hydrogen) atoms. The number of aryl methyl sites for hydroxylation is 1. The van der Waals surface area contributed by atoms with Crippen LogP contribution in [0.4, 0.5) is 5.69 Å². The Labute approximate surface area is 238 Å². The van der Waals surface area contributed by atoms with Crippen molar-refractivity contribution in [3.8, 4) is 0 Å². The second-order valence-corrected chi connectivity index (χ2v) is 9.86. The van der Waals surface area contributed by atoms with E-state index in [-0.39, 0.29) is 35.7 Å². The molecule has 0 aliphatic carbocycles. The number of piperazine rings is 1. The zero-order chi connectivity index (χ0) is 28.9. The highest BCUT2D eigenvalue weighted by Gasteiger charge is 2.34. The fourth-order valence-electron chi connectivity index (χ4n) is 5.19. The highest BCUT2D eigenvalue weighted by Crippen LogP contribution is 2.23. The van der Waals surface area contributed by atoms with Crippen molar-refractivity contribution >= 4 is 23.5 Å². The first kappa shape index (κ1) is 27.8. The predicted octanol–water partition coefficient (Wildman–Crippen LogP) is 3.83. The summed E-state index contributed by atoms with van der Waals surface area (Å²) in [7, 11) is 0. The minimum absolute atomic E-state index is 0.0406. The van der Waals surface area contributed by atoms with Crippen molar-refractivity contribution < 1.29 is 19.1 Å². The Morgan fingerprint density at radius 1 is 0.732 bits per heavy atom. The standard InChI is InChI=1S/C32H32N4O5/c1-3-41-31(39)28-27(22-33-18-20-34(21-19-33)26-17-11-10-12-23(26)2)35(29(37)24-13-6-4-7-14-24)32(40)36(28)30(38)25-15-8-5-9-16-25/h4-17H,3,18-22H2,1-2H3. The maximum absolute atomic E-state index is 13.9. The molecule has 0 amide bonds. The van der Waals surface area contributed by atoms with Gasteiger partial charge in [-0.15, -0.1) is 0 Å². The van der Waals surface area contributed by atoms with Crippen LogP contribution in [0.15, 0.2) is 89.7 Å². The van der Waals surface area contributed by atoms with Crippen LogP contribution >= 0.6 is 0 Å². The highest BCUT2D eigenvalue weighted by molar-refractivity contribution is 6.04. The molecule has 2 heterocycles. The molecule has 210 valence electrons. The monoisotopic (exact) mass is 552 g/mol. The molecular weight excluding hydrogens is 520 g/mol. The summed E-state index contributed by atoms with van der Waals surface area (Å²) in [5.74, 6) is -2.15. The Morgan fingerprint density at radius 3 is 1.83 bits per heavy atom. The molecule has 3 aromatic carbocycles. The number of hydrogen-bond acceptors (Lipinski definition) is 7. The zero-order valence-corrected chi connectivity index (χ0v) is 23.2. The SMILES string of the molecule is CCOC(=O)c1c(CN2CCN(c3ccccc3C)CC2)n(C(=O)c2ccccc2)c(=O)n1C(=O)c1ccccc1. The van der Waals surface area contributed by atoms with Crippen molar-refractivity contribution in [2.24, 2.45) is 0 Å². The predicted molar refractivity (Wildman–Crippen MR) is 156 cm³/mol. The lowest BCUT2D eigenvalue weighted by atomic mass is 10.1. The van der Waals surface area contributed by atoms with Gasteiger partial charge in [-0.2, -0.15) is 0 Å². The minimum Gasteiger partial charge on any atom is -0.461 e. The molecule has 0 unspecified atom stereocenters. The number of benzene rings is 3. The zero-order valence-electron chi connectivity index (χ0n) is 23.2. The molecule has 4 aromatic rings. The van der Waals surface area contributed by atoms with E-state index in [0.717, 1.165) is 27.9 Å². The number of carbonyl (C=O) groups excluding carboxylic acids is 3. The van der Waals surface area contributed by atoms with Gasteiger partial charge in [-0.1, -0.05) is 54.6 Å². The summed E-state index contributed by atoms with van der Waals surface area (Å²) < 4.78 is 7.06. The van der Waals surface area contributed by atoms with Crippen LogP contribution in [-0.2, 0) is 11.3 Å². The molecule has 9 nitrogen and oxygen atoms in total. The van der Waals surface area contributed by atoms with Crippen molar-refractivity contribution in [3.63, 3.8) is 0 Å². The van der Waals surface area contributed by atoms with Gasteiger partial charge in [0, 0.05) is 49.5 Å². The van der Waals surface area contributed by atoms with Crippen LogP contribution in [0.1, 0.15) is 49.4 Å². The van der Waals surface area contributed by atoms with Gasteiger partial charge in [-0.05, 0) is 49.7 Å². The number of para-hydroxylation sites is 1. The second-order valence-electron chi connectivity index (χ2n) is 9.86. The van der Waals surface area contributed by atoms with Crippen molar-refractivity contribution in [1.82, 2.24) is 14.0 Å². The largest absolute Gasteiger partial charge is 0.461 e. The van der Waals surface area contributed by atoms with E-state index in [9.17, 15) is 19.2 Å². The molecule has 0 atom stereocenters. The Kier molecular flexibility index (Phi) is 8.26. The molecule has 9 heteroatoms. The first-order chi connectivity index (χ1) is 19.9. The van der Waals surface area contributed by atoms with E-state index in [0.29, 0.717) is 13.1 Å². The maximum atomic E-state index is 13.9. The van der Waals surface area contributed by atoms with Crippen LogP contribution in [0.3, 0.4) is 0 Å². The Bertz CT molecular complexity index is 1620. The number of ether oxygens (including phenoxy) is 1. The first-order valence-electron chi connectivity index (χ1n) is 13.7. The van der Waals surface area contributed by atoms with Gasteiger partial charge in [0.15, 0.2) is 5.69 Å². The number of nitrogens with zero attached hydrogens (tertiary/aromatic N) is 4. The third-order valence-corrected chi connectivity index (χ3v) is 7.27. The summed E-state index contributed by atoms with van der Waals surface area (Å²) in [5, 5.41) is 0. The van der Waals surface area contributed by atoms with Crippen molar-refractivity contribution in [1.29, 1.82) is 0 Å². The Hall–Kier alpha value is -4.76. The smallest absolute Gasteiger partial charge is 0.357 e. The first-order valence-corrected chi connectivity index (χ1v) is 13.7. The van der Waals surface area contributed by atoms with Gasteiger partial charge in [-0.3, -0.25) is 14.5 Å². The van der Waals surface area contributed by atoms with Crippen LogP contribution in [0.2, 0.25) is 0 Å². The third-order valence-electron chi connectivity index (χ3n) is 7.27. The summed E-state index contributed by atoms with van der Waals surface area (Å²) in [6.45, 7) is 6.58. The molecule has 1 aliphatic heterocycles. The third kappa shape index (κ3) is 5.62. The van der Waals surface area contributed by atoms with Crippen LogP contribution in [0.25, 0.3) is 0 Å². The van der Waals surface area contributed by atoms with Crippen LogP contribution in [0.5, 0.6) is 0 Å². The van der Waals surface area contributed by atoms with E-state index >= 15 is 0 Å². The lowest BCUT2D eigenvalue weighted by Gasteiger charge is -2.36. The van der Waals surface area contributed by atoms with Crippen molar-refractivity contribution in [3.05, 3.63) is 123 Å². The second kappa shape index (κ2) is 12.2. The Balaban J connectivity index is 1.58. The molecule has 0 spiro atoms. The van der Waals surface area contributed by atoms with Gasteiger partial charge in [0.25, 0.3) is 11.8 Å². The van der Waals surface area contributed by atoms with Gasteiger partial charge in [0.05, 0.1) is 12.3 Å². The Morgan fingerprint density at radius 2 is 1.27 bits per heavy atom. The molecule has 1 aliphatic rings. The number of hydrogen-bond donors (Lipinski definition) is 0. The molecule has 1 aromatic heterocycles. The summed E-state index contributed by atoms with van der Waals surface area (Å²) in [4.78, 5) is 59.1. The van der Waals surface area contributed by atoms with Crippen LogP contribution in [-0.4, -0.2) is 64.6 Å². The average Bonchev–Trinajstić information content (AvgIpc) is 3.29. The normalized spacial score (nSPS) is 13.7. The fourth-order valence-corrected chi connectivity index (χ4v) is 5.19. The average molecular weight is 553 g/mol. The minimum atomic E-state index is -0.899. The molecule has 0 N–H and O–H groups in total. The molecule has 1 saturated heterocycles. The summed E-state index contributed by atoms with van der Waals surface area (Å²) >= 11 is 0. The molecular formula is C32H32N4O5. The van der Waals surface area contributed by atoms with Crippen molar-refractivity contribution in [2.75, 3.05) is 37.7 Å². The van der Waals surface area contributed by atoms with Crippen molar-refractivity contribution in [2.45, 2.75) is 20.4 Å². The van der Waals surface area contributed by atoms with E-state index in [1.807, 2.05) is 12.1 Å². The number of esters is 1. The van der Waals surface area contributed by atoms with Gasteiger partial charge in [0.2, 0.25) is 0 Å². The van der Waals surface area contributed by atoms with Gasteiger partial charge in [0.1, 0.15) is 0 Å². The lowest BCUT2D eigenvalue weighted by molar-refractivity contribution is 0.0506. The van der Waals surface area contributed by atoms with Gasteiger partial charge in [-0.25, -0.2) is 18.7 Å². The van der Waals surface area contributed by atoms with Crippen LogP contribution < -0.4 is 10.6 Å².